The minimum atomic E-state index is -5.05. The third-order valence-electron chi connectivity index (χ3n) is 3.35. The maximum atomic E-state index is 13.4. The highest BCUT2D eigenvalue weighted by molar-refractivity contribution is 5.75. The molecule has 1 N–H and O–H groups in total. The Hall–Kier alpha value is -2.34. The lowest BCUT2D eigenvalue weighted by Crippen LogP contribution is -2.59. The van der Waals surface area contributed by atoms with Gasteiger partial charge in [-0.3, -0.25) is 0 Å². The van der Waals surface area contributed by atoms with E-state index in [0.29, 0.717) is 13.1 Å². The van der Waals surface area contributed by atoms with E-state index in [0.717, 1.165) is 6.07 Å². The highest BCUT2D eigenvalue weighted by atomic mass is 19.4. The van der Waals surface area contributed by atoms with Gasteiger partial charge in [0.1, 0.15) is 24.2 Å². The summed E-state index contributed by atoms with van der Waals surface area (Å²) >= 11 is 0. The molecule has 1 aromatic rings. The van der Waals surface area contributed by atoms with E-state index in [1.54, 1.807) is 6.07 Å². The van der Waals surface area contributed by atoms with Gasteiger partial charge in [0.25, 0.3) is 0 Å². The summed E-state index contributed by atoms with van der Waals surface area (Å²) < 4.78 is 59.4. The second kappa shape index (κ2) is 6.42. The van der Waals surface area contributed by atoms with Crippen LogP contribution < -0.4 is 10.1 Å². The van der Waals surface area contributed by atoms with Crippen molar-refractivity contribution in [2.45, 2.75) is 6.18 Å². The number of esters is 1. The molecule has 23 heavy (non-hydrogen) atoms. The summed E-state index contributed by atoms with van der Waals surface area (Å²) in [4.78, 5) is 10.8. The van der Waals surface area contributed by atoms with Gasteiger partial charge < -0.3 is 14.8 Å². The van der Waals surface area contributed by atoms with Crippen LogP contribution in [0.4, 0.5) is 17.6 Å². The first-order chi connectivity index (χ1) is 10.8. The van der Waals surface area contributed by atoms with Crippen molar-refractivity contribution >= 4 is 5.97 Å². The number of nitrogens with one attached hydrogen (secondary N) is 1. The molecule has 1 fully saturated rings. The molecule has 0 amide bonds. The minimum absolute atomic E-state index is 0.0591. The van der Waals surface area contributed by atoms with Crippen molar-refractivity contribution in [3.8, 4) is 11.8 Å². The van der Waals surface area contributed by atoms with Crippen molar-refractivity contribution < 1.29 is 31.8 Å². The van der Waals surface area contributed by atoms with Crippen molar-refractivity contribution in [2.24, 2.45) is 5.41 Å². The Labute approximate surface area is 128 Å². The van der Waals surface area contributed by atoms with Crippen LogP contribution >= 0.6 is 0 Å². The highest BCUT2D eigenvalue weighted by Crippen LogP contribution is 2.27. The van der Waals surface area contributed by atoms with E-state index in [4.69, 9.17) is 10.00 Å². The summed E-state index contributed by atoms with van der Waals surface area (Å²) in [7, 11) is 0. The normalized spacial score (nSPS) is 16.1. The third-order valence-corrected chi connectivity index (χ3v) is 3.35. The zero-order valence-electron chi connectivity index (χ0n) is 11.7. The van der Waals surface area contributed by atoms with Gasteiger partial charge in [-0.1, -0.05) is 0 Å². The number of halogens is 4. The molecule has 0 spiro atoms. The van der Waals surface area contributed by atoms with Crippen LogP contribution in [0.2, 0.25) is 0 Å². The van der Waals surface area contributed by atoms with E-state index in [9.17, 15) is 22.4 Å². The molecule has 1 aromatic carbocycles. The van der Waals surface area contributed by atoms with Gasteiger partial charge in [-0.15, -0.1) is 0 Å². The molecule has 0 aliphatic carbocycles. The van der Waals surface area contributed by atoms with Crippen molar-refractivity contribution in [3.63, 3.8) is 0 Å². The number of alkyl halides is 3. The van der Waals surface area contributed by atoms with Crippen molar-refractivity contribution in [1.29, 1.82) is 5.26 Å². The molecule has 1 saturated heterocycles. The maximum absolute atomic E-state index is 13.4. The summed E-state index contributed by atoms with van der Waals surface area (Å²) in [5.74, 6) is -2.88. The second-order valence-electron chi connectivity index (χ2n) is 5.22. The molecule has 0 saturated carbocycles. The topological polar surface area (TPSA) is 71.3 Å². The molecular formula is C14H12F4N2O3. The van der Waals surface area contributed by atoms with Crippen molar-refractivity contribution in [3.05, 3.63) is 29.6 Å². The van der Waals surface area contributed by atoms with Gasteiger partial charge in [-0.25, -0.2) is 9.18 Å². The van der Waals surface area contributed by atoms with Gasteiger partial charge in [0, 0.05) is 19.2 Å². The molecule has 9 heteroatoms. The lowest BCUT2D eigenvalue weighted by Gasteiger charge is -2.41. The van der Waals surface area contributed by atoms with E-state index in [-0.39, 0.29) is 17.9 Å². The standard InChI is InChI=1S/C14H12F4N2O3/c15-11-3-10(2-1-9(11)4-19)22-7-13(5-20-6-13)8-23-12(21)14(16,17)18/h1-3,20H,5-8H2. The average Bonchev–Trinajstić information content (AvgIpc) is 2.44. The van der Waals surface area contributed by atoms with E-state index in [1.165, 1.54) is 12.1 Å². The monoisotopic (exact) mass is 332 g/mol. The van der Waals surface area contributed by atoms with E-state index in [2.05, 4.69) is 10.1 Å². The van der Waals surface area contributed by atoms with Gasteiger partial charge >= 0.3 is 12.1 Å². The molecule has 1 heterocycles. The Morgan fingerprint density at radius 1 is 1.35 bits per heavy atom. The predicted octanol–water partition coefficient (Wildman–Crippen LogP) is 1.77. The van der Waals surface area contributed by atoms with Gasteiger partial charge in [0.2, 0.25) is 0 Å². The molecule has 0 radical (unpaired) electrons. The first-order valence-corrected chi connectivity index (χ1v) is 6.53. The molecule has 124 valence electrons. The minimum Gasteiger partial charge on any atom is -0.493 e. The third kappa shape index (κ3) is 4.10. The molecule has 5 nitrogen and oxygen atoms in total. The van der Waals surface area contributed by atoms with Crippen LogP contribution in [0.3, 0.4) is 0 Å². The molecule has 1 aliphatic rings. The van der Waals surface area contributed by atoms with Crippen molar-refractivity contribution in [1.82, 2.24) is 5.32 Å². The molecule has 1 aliphatic heterocycles. The fourth-order valence-corrected chi connectivity index (χ4v) is 1.94. The Bertz CT molecular complexity index is 636. The maximum Gasteiger partial charge on any atom is 0.490 e. The Balaban J connectivity index is 1.93. The number of hydrogen-bond acceptors (Lipinski definition) is 5. The highest BCUT2D eigenvalue weighted by Gasteiger charge is 2.45. The van der Waals surface area contributed by atoms with Gasteiger partial charge in [-0.05, 0) is 12.1 Å². The quantitative estimate of drug-likeness (QED) is 0.657. The molecule has 0 unspecified atom stereocenters. The number of rotatable bonds is 5. The zero-order chi connectivity index (χ0) is 17.1. The number of nitriles is 1. The van der Waals surface area contributed by atoms with Crippen LogP contribution in [0.25, 0.3) is 0 Å². The van der Waals surface area contributed by atoms with Gasteiger partial charge in [0.05, 0.1) is 17.6 Å². The largest absolute Gasteiger partial charge is 0.493 e. The lowest BCUT2D eigenvalue weighted by molar-refractivity contribution is -0.204. The number of hydrogen-bond donors (Lipinski definition) is 1. The number of carbonyl (C=O) groups excluding carboxylic acids is 1. The van der Waals surface area contributed by atoms with Gasteiger partial charge in [-0.2, -0.15) is 18.4 Å². The van der Waals surface area contributed by atoms with Crippen LogP contribution in [-0.2, 0) is 9.53 Å². The van der Waals surface area contributed by atoms with Crippen LogP contribution in [0.5, 0.6) is 5.75 Å². The van der Waals surface area contributed by atoms with Crippen LogP contribution in [0, 0.1) is 22.6 Å². The number of ether oxygens (including phenoxy) is 2. The molecule has 0 atom stereocenters. The summed E-state index contributed by atoms with van der Waals surface area (Å²) in [5.41, 5.74) is -0.942. The van der Waals surface area contributed by atoms with E-state index in [1.807, 2.05) is 0 Å². The van der Waals surface area contributed by atoms with E-state index < -0.39 is 30.0 Å². The molecule has 0 bridgehead atoms. The smallest absolute Gasteiger partial charge is 0.490 e. The first-order valence-electron chi connectivity index (χ1n) is 6.53. The first kappa shape index (κ1) is 17.0. The average molecular weight is 332 g/mol. The predicted molar refractivity (Wildman–Crippen MR) is 68.9 cm³/mol. The Kier molecular flexibility index (Phi) is 4.75. The fraction of sp³-hybridized carbons (Fsp3) is 0.429. The summed E-state index contributed by atoms with van der Waals surface area (Å²) in [5, 5.41) is 11.5. The number of nitrogens with zero attached hydrogens (tertiary/aromatic N) is 1. The summed E-state index contributed by atoms with van der Waals surface area (Å²) in [6.45, 7) is 0.0847. The van der Waals surface area contributed by atoms with Crippen LogP contribution in [0.1, 0.15) is 5.56 Å². The second-order valence-corrected chi connectivity index (χ2v) is 5.22. The number of carbonyl (C=O) groups is 1. The summed E-state index contributed by atoms with van der Waals surface area (Å²) in [6.07, 6.45) is -5.05. The molecule has 0 aromatic heterocycles. The van der Waals surface area contributed by atoms with Crippen LogP contribution in [-0.4, -0.2) is 38.4 Å². The molecule has 2 rings (SSSR count). The van der Waals surface area contributed by atoms with Gasteiger partial charge in [0.15, 0.2) is 0 Å². The lowest BCUT2D eigenvalue weighted by atomic mass is 9.83. The van der Waals surface area contributed by atoms with E-state index >= 15 is 0 Å². The number of benzene rings is 1. The molecular weight excluding hydrogens is 320 g/mol. The van der Waals surface area contributed by atoms with Crippen LogP contribution in [0.15, 0.2) is 18.2 Å². The Morgan fingerprint density at radius 3 is 2.52 bits per heavy atom. The SMILES string of the molecule is N#Cc1ccc(OCC2(COC(=O)C(F)(F)F)CNC2)cc1F. The summed E-state index contributed by atoms with van der Waals surface area (Å²) in [6, 6.07) is 5.29. The Morgan fingerprint density at radius 2 is 2.04 bits per heavy atom. The zero-order valence-corrected chi connectivity index (χ0v) is 11.7. The fourth-order valence-electron chi connectivity index (χ4n) is 1.94. The van der Waals surface area contributed by atoms with Crippen molar-refractivity contribution in [2.75, 3.05) is 26.3 Å².